The average Bonchev–Trinajstić information content (AvgIpc) is 2.45. The number of hydrogen-bond acceptors (Lipinski definition) is 4. The lowest BCUT2D eigenvalue weighted by molar-refractivity contribution is -0.139. The van der Waals surface area contributed by atoms with Crippen LogP contribution in [0, 0.1) is 0 Å². The molecule has 0 aliphatic rings. The fraction of sp³-hybridized carbons (Fsp3) is 0.0714. The molecule has 20 heavy (non-hydrogen) atoms. The SMILES string of the molecule is O=C(NC(C(=O)O)c1ccccc1)c1ccncc1O. The molecule has 1 amide bonds. The Labute approximate surface area is 114 Å². The van der Waals surface area contributed by atoms with Gasteiger partial charge in [-0.15, -0.1) is 0 Å². The number of rotatable bonds is 4. The van der Waals surface area contributed by atoms with Gasteiger partial charge in [-0.1, -0.05) is 30.3 Å². The molecular weight excluding hydrogens is 260 g/mol. The Hall–Kier alpha value is -2.89. The van der Waals surface area contributed by atoms with Crippen LogP contribution in [0.1, 0.15) is 22.0 Å². The number of pyridine rings is 1. The second-order valence-corrected chi connectivity index (χ2v) is 4.05. The molecule has 0 spiro atoms. The summed E-state index contributed by atoms with van der Waals surface area (Å²) in [5, 5.41) is 21.1. The van der Waals surface area contributed by atoms with E-state index in [-0.39, 0.29) is 11.3 Å². The van der Waals surface area contributed by atoms with Crippen LogP contribution in [0.3, 0.4) is 0 Å². The molecule has 0 saturated heterocycles. The smallest absolute Gasteiger partial charge is 0.330 e. The maximum atomic E-state index is 12.0. The van der Waals surface area contributed by atoms with Crippen LogP contribution in [0.2, 0.25) is 0 Å². The average molecular weight is 272 g/mol. The van der Waals surface area contributed by atoms with Crippen molar-refractivity contribution in [3.63, 3.8) is 0 Å². The minimum atomic E-state index is -1.18. The predicted octanol–water partition coefficient (Wildman–Crippen LogP) is 1.34. The number of carbonyl (C=O) groups excluding carboxylic acids is 1. The van der Waals surface area contributed by atoms with Crippen LogP contribution in [0.5, 0.6) is 5.75 Å². The zero-order chi connectivity index (χ0) is 14.5. The van der Waals surface area contributed by atoms with E-state index in [0.717, 1.165) is 6.20 Å². The summed E-state index contributed by atoms with van der Waals surface area (Å²) < 4.78 is 0. The summed E-state index contributed by atoms with van der Waals surface area (Å²) in [6.07, 6.45) is 2.46. The summed E-state index contributed by atoms with van der Waals surface area (Å²) in [5.41, 5.74) is 0.420. The number of benzene rings is 1. The third-order valence-corrected chi connectivity index (χ3v) is 2.70. The third-order valence-electron chi connectivity index (χ3n) is 2.70. The molecule has 6 heteroatoms. The van der Waals surface area contributed by atoms with Gasteiger partial charge >= 0.3 is 5.97 Å². The van der Waals surface area contributed by atoms with Crippen LogP contribution < -0.4 is 5.32 Å². The third kappa shape index (κ3) is 2.92. The standard InChI is InChI=1S/C14H12N2O4/c17-11-8-15-7-6-10(11)13(18)16-12(14(19)20)9-4-2-1-3-5-9/h1-8,12,17H,(H,16,18)(H,19,20). The van der Waals surface area contributed by atoms with E-state index in [1.807, 2.05) is 0 Å². The minimum Gasteiger partial charge on any atom is -0.505 e. The molecule has 1 aromatic carbocycles. The molecule has 0 aliphatic heterocycles. The van der Waals surface area contributed by atoms with Crippen LogP contribution in [0.15, 0.2) is 48.8 Å². The summed E-state index contributed by atoms with van der Waals surface area (Å²) in [6, 6.07) is 8.45. The maximum absolute atomic E-state index is 12.0. The van der Waals surface area contributed by atoms with Gasteiger partial charge in [-0.25, -0.2) is 4.79 Å². The fourth-order valence-electron chi connectivity index (χ4n) is 1.72. The highest BCUT2D eigenvalue weighted by atomic mass is 16.4. The lowest BCUT2D eigenvalue weighted by Gasteiger charge is -2.15. The molecule has 0 bridgehead atoms. The number of hydrogen-bond donors (Lipinski definition) is 3. The van der Waals surface area contributed by atoms with Crippen LogP contribution in [0.25, 0.3) is 0 Å². The molecule has 1 heterocycles. The number of carboxylic acid groups (broad SMARTS) is 1. The summed E-state index contributed by atoms with van der Waals surface area (Å²) in [6.45, 7) is 0. The first-order chi connectivity index (χ1) is 9.59. The highest BCUT2D eigenvalue weighted by molar-refractivity contribution is 5.98. The zero-order valence-corrected chi connectivity index (χ0v) is 10.4. The van der Waals surface area contributed by atoms with Crippen LogP contribution in [0.4, 0.5) is 0 Å². The summed E-state index contributed by atoms with van der Waals surface area (Å²) >= 11 is 0. The first kappa shape index (κ1) is 13.5. The molecule has 102 valence electrons. The first-order valence-corrected chi connectivity index (χ1v) is 5.81. The van der Waals surface area contributed by atoms with E-state index >= 15 is 0 Å². The predicted molar refractivity (Wildman–Crippen MR) is 70.2 cm³/mol. The van der Waals surface area contributed by atoms with Crippen LogP contribution in [-0.4, -0.2) is 27.1 Å². The molecule has 1 atom stereocenters. The van der Waals surface area contributed by atoms with Crippen molar-refractivity contribution in [3.8, 4) is 5.75 Å². The van der Waals surface area contributed by atoms with E-state index < -0.39 is 17.9 Å². The van der Waals surface area contributed by atoms with Gasteiger partial charge in [0.2, 0.25) is 0 Å². The van der Waals surface area contributed by atoms with Gasteiger partial charge in [-0.3, -0.25) is 9.78 Å². The molecule has 1 unspecified atom stereocenters. The molecule has 2 aromatic rings. The lowest BCUT2D eigenvalue weighted by atomic mass is 10.1. The second-order valence-electron chi connectivity index (χ2n) is 4.05. The van der Waals surface area contributed by atoms with Gasteiger partial charge < -0.3 is 15.5 Å². The number of nitrogens with zero attached hydrogens (tertiary/aromatic N) is 1. The number of carboxylic acids is 1. The van der Waals surface area contributed by atoms with Gasteiger partial charge in [0.1, 0.15) is 5.75 Å². The molecule has 2 rings (SSSR count). The van der Waals surface area contributed by atoms with Gasteiger partial charge in [0.15, 0.2) is 6.04 Å². The minimum absolute atomic E-state index is 0.0258. The largest absolute Gasteiger partial charge is 0.505 e. The van der Waals surface area contributed by atoms with Gasteiger partial charge in [0.25, 0.3) is 5.91 Å². The Morgan fingerprint density at radius 2 is 1.85 bits per heavy atom. The molecular formula is C14H12N2O4. The Morgan fingerprint density at radius 1 is 1.15 bits per heavy atom. The summed E-state index contributed by atoms with van der Waals surface area (Å²) in [7, 11) is 0. The van der Waals surface area contributed by atoms with Gasteiger partial charge in [0.05, 0.1) is 11.8 Å². The molecule has 6 nitrogen and oxygen atoms in total. The Balaban J connectivity index is 2.24. The highest BCUT2D eigenvalue weighted by Gasteiger charge is 2.23. The monoisotopic (exact) mass is 272 g/mol. The molecule has 0 aliphatic carbocycles. The van der Waals surface area contributed by atoms with E-state index in [4.69, 9.17) is 0 Å². The van der Waals surface area contributed by atoms with Crippen molar-refractivity contribution in [2.45, 2.75) is 6.04 Å². The highest BCUT2D eigenvalue weighted by Crippen LogP contribution is 2.17. The van der Waals surface area contributed by atoms with Gasteiger partial charge in [-0.05, 0) is 11.6 Å². The van der Waals surface area contributed by atoms with E-state index in [0.29, 0.717) is 5.56 Å². The van der Waals surface area contributed by atoms with Crippen LogP contribution >= 0.6 is 0 Å². The van der Waals surface area contributed by atoms with E-state index in [1.165, 1.54) is 12.3 Å². The van der Waals surface area contributed by atoms with Gasteiger partial charge in [-0.2, -0.15) is 0 Å². The number of carbonyl (C=O) groups is 2. The Bertz CT molecular complexity index is 628. The van der Waals surface area contributed by atoms with Crippen LogP contribution in [-0.2, 0) is 4.79 Å². The molecule has 1 aromatic heterocycles. The number of aromatic nitrogens is 1. The summed E-state index contributed by atoms with van der Waals surface area (Å²) in [4.78, 5) is 26.9. The number of aliphatic carboxylic acids is 1. The van der Waals surface area contributed by atoms with Crippen molar-refractivity contribution in [1.29, 1.82) is 0 Å². The molecule has 0 saturated carbocycles. The first-order valence-electron chi connectivity index (χ1n) is 5.81. The van der Waals surface area contributed by atoms with Crippen molar-refractivity contribution in [3.05, 3.63) is 59.9 Å². The molecule has 0 radical (unpaired) electrons. The van der Waals surface area contributed by atoms with Crippen molar-refractivity contribution < 1.29 is 19.8 Å². The number of nitrogens with one attached hydrogen (secondary N) is 1. The summed E-state index contributed by atoms with van der Waals surface area (Å²) in [5.74, 6) is -2.17. The lowest BCUT2D eigenvalue weighted by Crippen LogP contribution is -2.33. The van der Waals surface area contributed by atoms with E-state index in [9.17, 15) is 19.8 Å². The number of aromatic hydroxyl groups is 1. The van der Waals surface area contributed by atoms with Crippen molar-refractivity contribution in [2.24, 2.45) is 0 Å². The Morgan fingerprint density at radius 3 is 2.45 bits per heavy atom. The Kier molecular flexibility index (Phi) is 3.95. The quantitative estimate of drug-likeness (QED) is 0.780. The van der Waals surface area contributed by atoms with E-state index in [2.05, 4.69) is 10.3 Å². The zero-order valence-electron chi connectivity index (χ0n) is 10.4. The topological polar surface area (TPSA) is 99.5 Å². The second kappa shape index (κ2) is 5.83. The molecule has 3 N–H and O–H groups in total. The normalized spacial score (nSPS) is 11.6. The maximum Gasteiger partial charge on any atom is 0.330 e. The van der Waals surface area contributed by atoms with Crippen molar-refractivity contribution >= 4 is 11.9 Å². The van der Waals surface area contributed by atoms with Crippen molar-refractivity contribution in [2.75, 3.05) is 0 Å². The number of amides is 1. The van der Waals surface area contributed by atoms with E-state index in [1.54, 1.807) is 30.3 Å². The molecule has 0 fully saturated rings. The van der Waals surface area contributed by atoms with Crippen molar-refractivity contribution in [1.82, 2.24) is 10.3 Å². The van der Waals surface area contributed by atoms with Gasteiger partial charge in [0, 0.05) is 6.20 Å². The fourth-order valence-corrected chi connectivity index (χ4v) is 1.72.